The fourth-order valence-corrected chi connectivity index (χ4v) is 4.43. The molecule has 1 aliphatic rings. The van der Waals surface area contributed by atoms with Crippen molar-refractivity contribution in [2.75, 3.05) is 18.1 Å². The largest absolute Gasteiger partial charge is 0.329 e. The number of amides is 1. The number of hydrogen-bond acceptors (Lipinski definition) is 5. The van der Waals surface area contributed by atoms with Crippen LogP contribution in [0.5, 0.6) is 0 Å². The Morgan fingerprint density at radius 2 is 2.24 bits per heavy atom. The van der Waals surface area contributed by atoms with E-state index in [1.54, 1.807) is 40.2 Å². The number of nitriles is 1. The van der Waals surface area contributed by atoms with Crippen LogP contribution in [0.2, 0.25) is 0 Å². The molecule has 2 heterocycles. The minimum absolute atomic E-state index is 0.0604. The summed E-state index contributed by atoms with van der Waals surface area (Å²) in [5.41, 5.74) is 1.48. The van der Waals surface area contributed by atoms with Gasteiger partial charge in [-0.3, -0.25) is 9.48 Å². The van der Waals surface area contributed by atoms with Gasteiger partial charge in [-0.2, -0.15) is 10.4 Å². The maximum atomic E-state index is 12.9. The van der Waals surface area contributed by atoms with E-state index in [9.17, 15) is 13.2 Å². The lowest BCUT2D eigenvalue weighted by Gasteiger charge is -2.35. The van der Waals surface area contributed by atoms with Gasteiger partial charge in [0.2, 0.25) is 0 Å². The molecule has 0 spiro atoms. The van der Waals surface area contributed by atoms with Crippen LogP contribution >= 0.6 is 0 Å². The van der Waals surface area contributed by atoms with Gasteiger partial charge >= 0.3 is 0 Å². The number of benzene rings is 1. The minimum Gasteiger partial charge on any atom is -0.329 e. The molecular formula is C17H18N4O3S. The van der Waals surface area contributed by atoms with Crippen molar-refractivity contribution >= 4 is 15.7 Å². The molecule has 0 bridgehead atoms. The summed E-state index contributed by atoms with van der Waals surface area (Å²) in [4.78, 5) is 14.5. The zero-order chi connectivity index (χ0) is 18.0. The average Bonchev–Trinajstić information content (AvgIpc) is 3.09. The summed E-state index contributed by atoms with van der Waals surface area (Å²) < 4.78 is 25.9. The molecule has 7 nitrogen and oxygen atoms in total. The molecule has 1 fully saturated rings. The van der Waals surface area contributed by atoms with Crippen LogP contribution in [0.3, 0.4) is 0 Å². The first-order valence-electron chi connectivity index (χ1n) is 7.97. The highest BCUT2D eigenvalue weighted by Gasteiger charge is 2.36. The number of aryl methyl sites for hydroxylation is 1. The molecule has 0 saturated carbocycles. The maximum Gasteiger partial charge on any atom is 0.254 e. The highest BCUT2D eigenvalue weighted by atomic mass is 32.2. The number of aromatic nitrogens is 2. The van der Waals surface area contributed by atoms with E-state index in [4.69, 9.17) is 5.26 Å². The lowest BCUT2D eigenvalue weighted by Crippen LogP contribution is -2.46. The Bertz CT molecular complexity index is 943. The Morgan fingerprint density at radius 3 is 2.92 bits per heavy atom. The molecule has 25 heavy (non-hydrogen) atoms. The number of rotatable bonds is 3. The van der Waals surface area contributed by atoms with Crippen LogP contribution in [0.1, 0.15) is 34.5 Å². The molecule has 1 amide bonds. The van der Waals surface area contributed by atoms with Crippen molar-refractivity contribution in [3.8, 4) is 6.07 Å². The van der Waals surface area contributed by atoms with E-state index in [0.29, 0.717) is 23.2 Å². The molecule has 8 heteroatoms. The Hall–Kier alpha value is -2.66. The molecule has 0 unspecified atom stereocenters. The molecule has 0 N–H and O–H groups in total. The lowest BCUT2D eigenvalue weighted by atomic mass is 10.1. The van der Waals surface area contributed by atoms with Crippen LogP contribution < -0.4 is 0 Å². The summed E-state index contributed by atoms with van der Waals surface area (Å²) in [5, 5.41) is 13.2. The predicted molar refractivity (Wildman–Crippen MR) is 91.5 cm³/mol. The molecule has 0 aliphatic carbocycles. The van der Waals surface area contributed by atoms with Crippen LogP contribution in [0, 0.1) is 11.3 Å². The Morgan fingerprint density at radius 1 is 1.44 bits per heavy atom. The molecule has 1 aromatic carbocycles. The number of hydrogen-bond donors (Lipinski definition) is 0. The molecule has 1 atom stereocenters. The van der Waals surface area contributed by atoms with E-state index >= 15 is 0 Å². The van der Waals surface area contributed by atoms with Crippen LogP contribution in [0.4, 0.5) is 0 Å². The van der Waals surface area contributed by atoms with E-state index in [1.807, 2.05) is 13.0 Å². The fourth-order valence-electron chi connectivity index (χ4n) is 2.94. The molecule has 0 radical (unpaired) electrons. The Kier molecular flexibility index (Phi) is 4.59. The first-order chi connectivity index (χ1) is 11.9. The molecule has 3 rings (SSSR count). The lowest BCUT2D eigenvalue weighted by molar-refractivity contribution is 0.0697. The first kappa shape index (κ1) is 17.2. The van der Waals surface area contributed by atoms with Crippen molar-refractivity contribution < 1.29 is 13.2 Å². The minimum atomic E-state index is -3.22. The Balaban J connectivity index is 1.96. The van der Waals surface area contributed by atoms with Crippen molar-refractivity contribution in [2.24, 2.45) is 0 Å². The summed E-state index contributed by atoms with van der Waals surface area (Å²) in [5.74, 6) is -0.456. The summed E-state index contributed by atoms with van der Waals surface area (Å²) in [6.45, 7) is 2.72. The third-order valence-electron chi connectivity index (χ3n) is 4.29. The van der Waals surface area contributed by atoms with Gasteiger partial charge in [0.15, 0.2) is 9.84 Å². The van der Waals surface area contributed by atoms with E-state index in [0.717, 1.165) is 0 Å². The normalized spacial score (nSPS) is 19.4. The van der Waals surface area contributed by atoms with E-state index in [-0.39, 0.29) is 24.0 Å². The summed E-state index contributed by atoms with van der Waals surface area (Å²) in [6.07, 6.45) is 3.39. The zero-order valence-corrected chi connectivity index (χ0v) is 14.6. The SMILES string of the molecule is CCn1cc([C@@H]2CS(=O)(=O)CCN2C(=O)c2cccc(C#N)c2)cn1. The highest BCUT2D eigenvalue weighted by molar-refractivity contribution is 7.91. The second-order valence-electron chi connectivity index (χ2n) is 5.95. The van der Waals surface area contributed by atoms with Gasteiger partial charge in [0.25, 0.3) is 5.91 Å². The molecule has 130 valence electrons. The second kappa shape index (κ2) is 6.69. The zero-order valence-electron chi connectivity index (χ0n) is 13.8. The van der Waals surface area contributed by atoms with E-state index in [2.05, 4.69) is 5.10 Å². The predicted octanol–water partition coefficient (Wildman–Crippen LogP) is 1.39. The standard InChI is InChI=1S/C17H18N4O3S/c1-2-20-11-15(10-19-20)16-12-25(23,24)7-6-21(16)17(22)14-5-3-4-13(8-14)9-18/h3-5,8,10-11,16H,2,6-7,12H2,1H3/t16-/m0/s1. The molecular weight excluding hydrogens is 340 g/mol. The van der Waals surface area contributed by atoms with E-state index < -0.39 is 15.9 Å². The van der Waals surface area contributed by atoms with Crippen LogP contribution in [0.15, 0.2) is 36.7 Å². The maximum absolute atomic E-state index is 12.9. The van der Waals surface area contributed by atoms with Crippen LogP contribution in [0.25, 0.3) is 0 Å². The van der Waals surface area contributed by atoms with Gasteiger partial charge in [0.1, 0.15) is 0 Å². The third kappa shape index (κ3) is 3.56. The van der Waals surface area contributed by atoms with Gasteiger partial charge in [-0.25, -0.2) is 8.42 Å². The van der Waals surface area contributed by atoms with Crippen molar-refractivity contribution in [3.63, 3.8) is 0 Å². The molecule has 2 aromatic rings. The van der Waals surface area contributed by atoms with E-state index in [1.165, 1.54) is 6.07 Å². The van der Waals surface area contributed by atoms with Crippen molar-refractivity contribution in [3.05, 3.63) is 53.3 Å². The van der Waals surface area contributed by atoms with Gasteiger partial charge < -0.3 is 4.90 Å². The first-order valence-corrected chi connectivity index (χ1v) is 9.79. The molecule has 1 aromatic heterocycles. The highest BCUT2D eigenvalue weighted by Crippen LogP contribution is 2.28. The second-order valence-corrected chi connectivity index (χ2v) is 8.18. The number of sulfone groups is 1. The van der Waals surface area contributed by atoms with Gasteiger partial charge in [-0.15, -0.1) is 0 Å². The smallest absolute Gasteiger partial charge is 0.254 e. The molecule has 1 aliphatic heterocycles. The van der Waals surface area contributed by atoms with Crippen LogP contribution in [-0.4, -0.2) is 47.1 Å². The van der Waals surface area contributed by atoms with Crippen molar-refractivity contribution in [1.29, 1.82) is 5.26 Å². The number of carbonyl (C=O) groups excluding carboxylic acids is 1. The summed E-state index contributed by atoms with van der Waals surface area (Å²) in [7, 11) is -3.22. The van der Waals surface area contributed by atoms with Gasteiger partial charge in [-0.05, 0) is 25.1 Å². The van der Waals surface area contributed by atoms with Crippen molar-refractivity contribution in [1.82, 2.24) is 14.7 Å². The Labute approximate surface area is 146 Å². The average molecular weight is 358 g/mol. The van der Waals surface area contributed by atoms with Gasteiger partial charge in [-0.1, -0.05) is 6.07 Å². The number of carbonyl (C=O) groups is 1. The van der Waals surface area contributed by atoms with Gasteiger partial charge in [0, 0.05) is 30.4 Å². The summed E-state index contributed by atoms with van der Waals surface area (Å²) >= 11 is 0. The monoisotopic (exact) mass is 358 g/mol. The topological polar surface area (TPSA) is 96.1 Å². The fraction of sp³-hybridized carbons (Fsp3) is 0.353. The van der Waals surface area contributed by atoms with Gasteiger partial charge in [0.05, 0.1) is 35.4 Å². The molecule has 1 saturated heterocycles. The van der Waals surface area contributed by atoms with Crippen LogP contribution in [-0.2, 0) is 16.4 Å². The summed E-state index contributed by atoms with van der Waals surface area (Å²) in [6, 6.07) is 7.88. The third-order valence-corrected chi connectivity index (χ3v) is 5.92. The number of nitrogens with zero attached hydrogens (tertiary/aromatic N) is 4. The quantitative estimate of drug-likeness (QED) is 0.826. The van der Waals surface area contributed by atoms with Crippen molar-refractivity contribution in [2.45, 2.75) is 19.5 Å².